The van der Waals surface area contributed by atoms with Crippen LogP contribution in [0, 0.1) is 0 Å². The van der Waals surface area contributed by atoms with Gasteiger partial charge in [0.25, 0.3) is 0 Å². The summed E-state index contributed by atoms with van der Waals surface area (Å²) in [4.78, 5) is 2.39. The van der Waals surface area contributed by atoms with Gasteiger partial charge in [0.05, 0.1) is 17.1 Å². The Morgan fingerprint density at radius 3 is 1.98 bits per heavy atom. The van der Waals surface area contributed by atoms with Gasteiger partial charge in [-0.2, -0.15) is 0 Å². The molecule has 1 unspecified atom stereocenters. The Morgan fingerprint density at radius 2 is 1.16 bits per heavy atom. The van der Waals surface area contributed by atoms with Crippen molar-refractivity contribution >= 4 is 75.4 Å². The van der Waals surface area contributed by atoms with Gasteiger partial charge in [0.2, 0.25) is 0 Å². The SMILES string of the molecule is CN1C(c2ccccc2)=CC(c2ccc(-n3c4ccccc4c4c5ccc6sc7ccccc7c6c5ccc43)cc2)=CC1c1ccccc1. The van der Waals surface area contributed by atoms with Crippen molar-refractivity contribution in [1.29, 1.82) is 0 Å². The van der Waals surface area contributed by atoms with Crippen LogP contribution in [0.5, 0.6) is 0 Å². The van der Waals surface area contributed by atoms with E-state index in [1.54, 1.807) is 0 Å². The number of hydrogen-bond donors (Lipinski definition) is 0. The Morgan fingerprint density at radius 1 is 0.490 bits per heavy atom. The van der Waals surface area contributed by atoms with E-state index in [2.05, 4.69) is 186 Å². The first-order valence-electron chi connectivity index (χ1n) is 16.9. The molecule has 1 aliphatic heterocycles. The van der Waals surface area contributed by atoms with E-state index < -0.39 is 0 Å². The number of hydrogen-bond acceptors (Lipinski definition) is 2. The minimum Gasteiger partial charge on any atom is -0.364 e. The molecule has 9 aromatic rings. The predicted molar refractivity (Wildman–Crippen MR) is 211 cm³/mol. The Kier molecular flexibility index (Phi) is 6.37. The van der Waals surface area contributed by atoms with Gasteiger partial charge in [-0.3, -0.25) is 0 Å². The van der Waals surface area contributed by atoms with Crippen LogP contribution in [0.1, 0.15) is 22.7 Å². The molecule has 1 aliphatic rings. The molecule has 0 spiro atoms. The van der Waals surface area contributed by atoms with E-state index in [9.17, 15) is 0 Å². The second-order valence-electron chi connectivity index (χ2n) is 13.0. The van der Waals surface area contributed by atoms with Crippen LogP contribution in [0.15, 0.2) is 170 Å². The number of benzene rings is 7. The summed E-state index contributed by atoms with van der Waals surface area (Å²) in [5, 5.41) is 7.93. The maximum absolute atomic E-state index is 2.44. The minimum absolute atomic E-state index is 0.133. The van der Waals surface area contributed by atoms with Gasteiger partial charge in [-0.25, -0.2) is 0 Å². The van der Waals surface area contributed by atoms with E-state index in [-0.39, 0.29) is 6.04 Å². The standard InChI is InChI=1S/C46H32N2S/c1-47-41(31-12-4-2-5-13-31)28-33(29-42(47)32-14-6-3-7-15-32)30-20-22-34(23-21-30)48-39-18-10-8-16-37(39)45-35-25-27-44-46(36(35)24-26-40(45)48)38-17-9-11-19-43(38)49-44/h2-29,41H,1H3. The molecule has 0 saturated carbocycles. The van der Waals surface area contributed by atoms with Gasteiger partial charge in [0.15, 0.2) is 0 Å². The Hall–Kier alpha value is -5.90. The summed E-state index contributed by atoms with van der Waals surface area (Å²) in [6, 6.07) is 57.8. The fourth-order valence-electron chi connectivity index (χ4n) is 7.95. The molecule has 0 saturated heterocycles. The maximum atomic E-state index is 2.44. The number of thiophene rings is 1. The molecule has 3 heteroatoms. The molecule has 1 atom stereocenters. The van der Waals surface area contributed by atoms with Crippen molar-refractivity contribution in [3.05, 3.63) is 187 Å². The van der Waals surface area contributed by atoms with Crippen LogP contribution in [-0.4, -0.2) is 16.5 Å². The molecule has 0 bridgehead atoms. The van der Waals surface area contributed by atoms with Crippen LogP contribution in [-0.2, 0) is 0 Å². The zero-order valence-electron chi connectivity index (χ0n) is 27.0. The lowest BCUT2D eigenvalue weighted by Gasteiger charge is -2.35. The normalized spacial score (nSPS) is 15.0. The van der Waals surface area contributed by atoms with E-state index in [4.69, 9.17) is 0 Å². The third-order valence-corrected chi connectivity index (χ3v) is 11.4. The van der Waals surface area contributed by atoms with Crippen molar-refractivity contribution in [2.45, 2.75) is 6.04 Å². The topological polar surface area (TPSA) is 8.17 Å². The summed E-state index contributed by atoms with van der Waals surface area (Å²) >= 11 is 1.88. The molecule has 0 aliphatic carbocycles. The molecule has 10 rings (SSSR count). The van der Waals surface area contributed by atoms with E-state index >= 15 is 0 Å². The quantitative estimate of drug-likeness (QED) is 0.185. The number of rotatable bonds is 4. The van der Waals surface area contributed by atoms with Gasteiger partial charge < -0.3 is 9.47 Å². The van der Waals surface area contributed by atoms with Crippen LogP contribution in [0.2, 0.25) is 0 Å². The summed E-state index contributed by atoms with van der Waals surface area (Å²) in [5.74, 6) is 0. The van der Waals surface area contributed by atoms with Crippen molar-refractivity contribution in [3.8, 4) is 5.69 Å². The molecule has 7 aromatic carbocycles. The second kappa shape index (κ2) is 11.1. The average molecular weight is 645 g/mol. The van der Waals surface area contributed by atoms with E-state index in [1.807, 2.05) is 11.3 Å². The fraction of sp³-hybridized carbons (Fsp3) is 0.0435. The Bertz CT molecular complexity index is 2770. The zero-order chi connectivity index (χ0) is 32.5. The van der Waals surface area contributed by atoms with Crippen LogP contribution in [0.3, 0.4) is 0 Å². The fourth-order valence-corrected chi connectivity index (χ4v) is 9.07. The number of nitrogens with zero attached hydrogens (tertiary/aromatic N) is 2. The summed E-state index contributed by atoms with van der Waals surface area (Å²) < 4.78 is 5.12. The van der Waals surface area contributed by atoms with E-state index in [0.29, 0.717) is 0 Å². The van der Waals surface area contributed by atoms with Gasteiger partial charge in [-0.05, 0) is 81.6 Å². The van der Waals surface area contributed by atoms with Gasteiger partial charge >= 0.3 is 0 Å². The summed E-state index contributed by atoms with van der Waals surface area (Å²) in [5.41, 5.74) is 9.79. The third-order valence-electron chi connectivity index (χ3n) is 10.3. The average Bonchev–Trinajstić information content (AvgIpc) is 3.72. The van der Waals surface area contributed by atoms with Crippen molar-refractivity contribution in [2.75, 3.05) is 7.05 Å². The first-order chi connectivity index (χ1) is 24.2. The molecule has 3 heterocycles. The van der Waals surface area contributed by atoms with E-state index in [0.717, 1.165) is 5.69 Å². The molecular weight excluding hydrogens is 613 g/mol. The lowest BCUT2D eigenvalue weighted by molar-refractivity contribution is 0.413. The molecule has 2 nitrogen and oxygen atoms in total. The number of likely N-dealkylation sites (N-methyl/N-ethyl adjacent to an activating group) is 1. The molecule has 0 radical (unpaired) electrons. The van der Waals surface area contributed by atoms with Crippen LogP contribution >= 0.6 is 11.3 Å². The molecule has 0 amide bonds. The first-order valence-corrected chi connectivity index (χ1v) is 17.7. The second-order valence-corrected chi connectivity index (χ2v) is 14.1. The highest BCUT2D eigenvalue weighted by Crippen LogP contribution is 2.44. The smallest absolute Gasteiger partial charge is 0.0732 e. The Balaban J connectivity index is 1.13. The van der Waals surface area contributed by atoms with Crippen molar-refractivity contribution < 1.29 is 0 Å². The van der Waals surface area contributed by atoms with Gasteiger partial charge in [0, 0.05) is 49.4 Å². The number of fused-ring (bicyclic) bond motifs is 9. The highest BCUT2D eigenvalue weighted by atomic mass is 32.1. The molecular formula is C46H32N2S. The highest BCUT2D eigenvalue weighted by Gasteiger charge is 2.24. The monoisotopic (exact) mass is 644 g/mol. The molecule has 0 N–H and O–H groups in total. The summed E-state index contributed by atoms with van der Waals surface area (Å²) in [7, 11) is 2.20. The van der Waals surface area contributed by atoms with Crippen LogP contribution < -0.4 is 0 Å². The van der Waals surface area contributed by atoms with Crippen molar-refractivity contribution in [1.82, 2.24) is 9.47 Å². The third kappa shape index (κ3) is 4.40. The van der Waals surface area contributed by atoms with Crippen LogP contribution in [0.25, 0.3) is 69.7 Å². The van der Waals surface area contributed by atoms with Crippen LogP contribution in [0.4, 0.5) is 0 Å². The lowest BCUT2D eigenvalue weighted by atomic mass is 9.92. The Labute approximate surface area is 289 Å². The number of para-hydroxylation sites is 1. The molecule has 232 valence electrons. The minimum atomic E-state index is 0.133. The van der Waals surface area contributed by atoms with Crippen molar-refractivity contribution in [3.63, 3.8) is 0 Å². The highest BCUT2D eigenvalue weighted by molar-refractivity contribution is 7.26. The van der Waals surface area contributed by atoms with E-state index in [1.165, 1.54) is 80.7 Å². The number of allylic oxidation sites excluding steroid dienone is 2. The lowest BCUT2D eigenvalue weighted by Crippen LogP contribution is -2.24. The summed E-state index contributed by atoms with van der Waals surface area (Å²) in [6.45, 7) is 0. The van der Waals surface area contributed by atoms with Gasteiger partial charge in [0.1, 0.15) is 0 Å². The maximum Gasteiger partial charge on any atom is 0.0732 e. The first kappa shape index (κ1) is 28.1. The summed E-state index contributed by atoms with van der Waals surface area (Å²) in [6.07, 6.45) is 4.74. The zero-order valence-corrected chi connectivity index (χ0v) is 27.9. The van der Waals surface area contributed by atoms with Gasteiger partial charge in [-0.15, -0.1) is 11.3 Å². The predicted octanol–water partition coefficient (Wildman–Crippen LogP) is 12.4. The van der Waals surface area contributed by atoms with Gasteiger partial charge in [-0.1, -0.05) is 121 Å². The largest absolute Gasteiger partial charge is 0.364 e. The van der Waals surface area contributed by atoms with Crippen molar-refractivity contribution in [2.24, 2.45) is 0 Å². The number of aromatic nitrogens is 1. The molecule has 0 fully saturated rings. The molecule has 49 heavy (non-hydrogen) atoms. The molecule has 2 aromatic heterocycles.